The third-order valence-electron chi connectivity index (χ3n) is 4.91. The topological polar surface area (TPSA) is 123 Å². The summed E-state index contributed by atoms with van der Waals surface area (Å²) >= 11 is 0. The number of nitriles is 2. The van der Waals surface area contributed by atoms with E-state index in [1.54, 1.807) is 13.0 Å². The van der Waals surface area contributed by atoms with Gasteiger partial charge in [-0.15, -0.1) is 0 Å². The van der Waals surface area contributed by atoms with E-state index >= 15 is 0 Å². The molecule has 1 aliphatic rings. The van der Waals surface area contributed by atoms with Gasteiger partial charge in [0, 0.05) is 23.3 Å². The lowest BCUT2D eigenvalue weighted by Crippen LogP contribution is -2.34. The summed E-state index contributed by atoms with van der Waals surface area (Å²) in [5.74, 6) is -3.55. The summed E-state index contributed by atoms with van der Waals surface area (Å²) in [6, 6.07) is 19.0. The molecular formula is C21H17N5O3. The van der Waals surface area contributed by atoms with Gasteiger partial charge in [0.2, 0.25) is 0 Å². The number of para-hydroxylation sites is 1. The van der Waals surface area contributed by atoms with Crippen LogP contribution in [0.4, 0.5) is 5.69 Å². The summed E-state index contributed by atoms with van der Waals surface area (Å²) in [6.45, 7) is 1.88. The zero-order valence-electron chi connectivity index (χ0n) is 15.6. The Morgan fingerprint density at radius 1 is 1.14 bits per heavy atom. The number of carbonyl (C=O) groups excluding carboxylic acids is 1. The molecular weight excluding hydrogens is 370 g/mol. The smallest absolute Gasteiger partial charge is 0.272 e. The average molecular weight is 387 g/mol. The second kappa shape index (κ2) is 8.32. The number of nitro groups is 1. The lowest BCUT2D eigenvalue weighted by Gasteiger charge is -2.24. The number of nitro benzene ring substituents is 1. The first-order chi connectivity index (χ1) is 14.0. The molecule has 0 bridgehead atoms. The normalized spacial score (nSPS) is 16.8. The minimum Gasteiger partial charge on any atom is -0.272 e. The summed E-state index contributed by atoms with van der Waals surface area (Å²) in [4.78, 5) is 24.1. The predicted molar refractivity (Wildman–Crippen MR) is 104 cm³/mol. The highest BCUT2D eigenvalue weighted by atomic mass is 16.6. The van der Waals surface area contributed by atoms with Crippen LogP contribution >= 0.6 is 0 Å². The molecule has 8 heteroatoms. The van der Waals surface area contributed by atoms with Crippen molar-refractivity contribution in [3.63, 3.8) is 0 Å². The Bertz CT molecular complexity index is 1040. The van der Waals surface area contributed by atoms with Crippen molar-refractivity contribution < 1.29 is 9.72 Å². The van der Waals surface area contributed by atoms with Crippen molar-refractivity contribution >= 4 is 17.3 Å². The van der Waals surface area contributed by atoms with Gasteiger partial charge in [-0.2, -0.15) is 15.6 Å². The van der Waals surface area contributed by atoms with Gasteiger partial charge in [0.25, 0.3) is 11.6 Å². The van der Waals surface area contributed by atoms with E-state index in [2.05, 4.69) is 5.10 Å². The van der Waals surface area contributed by atoms with Crippen LogP contribution in [0.15, 0.2) is 59.7 Å². The fourth-order valence-corrected chi connectivity index (χ4v) is 3.60. The highest BCUT2D eigenvalue weighted by Crippen LogP contribution is 2.41. The molecule has 0 fully saturated rings. The Hall–Kier alpha value is -4.04. The van der Waals surface area contributed by atoms with Gasteiger partial charge in [-0.05, 0) is 12.5 Å². The van der Waals surface area contributed by atoms with Gasteiger partial charge in [0.05, 0.1) is 29.5 Å². The lowest BCUT2D eigenvalue weighted by molar-refractivity contribution is -0.385. The maximum atomic E-state index is 13.2. The Kier molecular flexibility index (Phi) is 5.66. The summed E-state index contributed by atoms with van der Waals surface area (Å²) in [5.41, 5.74) is 1.25. The Morgan fingerprint density at radius 3 is 2.38 bits per heavy atom. The first kappa shape index (κ1) is 19.7. The van der Waals surface area contributed by atoms with Crippen molar-refractivity contribution in [1.29, 1.82) is 10.5 Å². The molecule has 29 heavy (non-hydrogen) atoms. The quantitative estimate of drug-likeness (QED) is 0.555. The van der Waals surface area contributed by atoms with Crippen LogP contribution in [0.5, 0.6) is 0 Å². The van der Waals surface area contributed by atoms with E-state index in [1.807, 2.05) is 42.5 Å². The number of rotatable bonds is 6. The zero-order chi connectivity index (χ0) is 21.0. The molecule has 2 atom stereocenters. The van der Waals surface area contributed by atoms with Gasteiger partial charge in [-0.25, -0.2) is 5.01 Å². The van der Waals surface area contributed by atoms with Gasteiger partial charge in [0.15, 0.2) is 0 Å². The first-order valence-electron chi connectivity index (χ1n) is 8.91. The molecule has 1 amide bonds. The SMILES string of the molecule is CC1=NN(Cc2ccccc2)C(=O)[C@H]1[C@H](c1ccccc1[N+](=O)[O-])C(C#N)C#N. The monoisotopic (exact) mass is 387 g/mol. The summed E-state index contributed by atoms with van der Waals surface area (Å²) in [6.07, 6.45) is 0. The van der Waals surface area contributed by atoms with Crippen molar-refractivity contribution in [1.82, 2.24) is 5.01 Å². The molecule has 2 aromatic rings. The molecule has 0 radical (unpaired) electrons. The van der Waals surface area contributed by atoms with E-state index < -0.39 is 22.7 Å². The summed E-state index contributed by atoms with van der Waals surface area (Å²) in [5, 5.41) is 36.2. The fraction of sp³-hybridized carbons (Fsp3) is 0.238. The maximum Gasteiger partial charge on any atom is 0.272 e. The van der Waals surface area contributed by atoms with Gasteiger partial charge < -0.3 is 0 Å². The minimum atomic E-state index is -1.24. The molecule has 0 unspecified atom stereocenters. The molecule has 0 aromatic heterocycles. The number of benzene rings is 2. The minimum absolute atomic E-state index is 0.181. The second-order valence-corrected chi connectivity index (χ2v) is 6.68. The van der Waals surface area contributed by atoms with Gasteiger partial charge in [0.1, 0.15) is 5.92 Å². The molecule has 8 nitrogen and oxygen atoms in total. The number of nitrogens with zero attached hydrogens (tertiary/aromatic N) is 5. The zero-order valence-corrected chi connectivity index (χ0v) is 15.6. The molecule has 2 aromatic carbocycles. The average Bonchev–Trinajstić information content (AvgIpc) is 3.00. The highest BCUT2D eigenvalue weighted by Gasteiger charge is 2.45. The van der Waals surface area contributed by atoms with Crippen molar-refractivity contribution in [2.45, 2.75) is 19.4 Å². The molecule has 0 saturated heterocycles. The fourth-order valence-electron chi connectivity index (χ4n) is 3.60. The van der Waals surface area contributed by atoms with Crippen molar-refractivity contribution in [2.24, 2.45) is 16.9 Å². The van der Waals surface area contributed by atoms with Crippen LogP contribution in [0, 0.1) is 44.6 Å². The molecule has 0 N–H and O–H groups in total. The van der Waals surface area contributed by atoms with E-state index in [-0.39, 0.29) is 23.7 Å². The van der Waals surface area contributed by atoms with Crippen LogP contribution in [0.1, 0.15) is 24.0 Å². The van der Waals surface area contributed by atoms with Gasteiger partial charge in [-0.3, -0.25) is 14.9 Å². The van der Waals surface area contributed by atoms with Crippen LogP contribution in [-0.2, 0) is 11.3 Å². The largest absolute Gasteiger partial charge is 0.272 e. The molecule has 1 aliphatic heterocycles. The number of carbonyl (C=O) groups is 1. The number of hydrogen-bond acceptors (Lipinski definition) is 6. The molecule has 0 aliphatic carbocycles. The number of hydrogen-bond donors (Lipinski definition) is 0. The van der Waals surface area contributed by atoms with Crippen LogP contribution in [-0.4, -0.2) is 21.6 Å². The highest BCUT2D eigenvalue weighted by molar-refractivity contribution is 6.08. The summed E-state index contributed by atoms with van der Waals surface area (Å²) < 4.78 is 0. The van der Waals surface area contributed by atoms with E-state index in [1.165, 1.54) is 23.2 Å². The van der Waals surface area contributed by atoms with Crippen molar-refractivity contribution in [3.8, 4) is 12.1 Å². The second-order valence-electron chi connectivity index (χ2n) is 6.68. The van der Waals surface area contributed by atoms with Crippen LogP contribution in [0.3, 0.4) is 0 Å². The molecule has 3 rings (SSSR count). The van der Waals surface area contributed by atoms with E-state index in [9.17, 15) is 25.4 Å². The third-order valence-corrected chi connectivity index (χ3v) is 4.91. The van der Waals surface area contributed by atoms with Crippen LogP contribution in [0.25, 0.3) is 0 Å². The molecule has 0 spiro atoms. The van der Waals surface area contributed by atoms with E-state index in [4.69, 9.17) is 0 Å². The van der Waals surface area contributed by atoms with E-state index in [0.29, 0.717) is 5.71 Å². The Labute approximate surface area is 167 Å². The van der Waals surface area contributed by atoms with Crippen LogP contribution in [0.2, 0.25) is 0 Å². The maximum absolute atomic E-state index is 13.2. The van der Waals surface area contributed by atoms with Gasteiger partial charge >= 0.3 is 0 Å². The third kappa shape index (κ3) is 3.83. The summed E-state index contributed by atoms with van der Waals surface area (Å²) in [7, 11) is 0. The molecule has 144 valence electrons. The molecule has 1 heterocycles. The molecule has 0 saturated carbocycles. The Balaban J connectivity index is 2.03. The van der Waals surface area contributed by atoms with Crippen molar-refractivity contribution in [3.05, 3.63) is 75.8 Å². The van der Waals surface area contributed by atoms with Crippen LogP contribution < -0.4 is 0 Å². The van der Waals surface area contributed by atoms with E-state index in [0.717, 1.165) is 5.56 Å². The lowest BCUT2D eigenvalue weighted by atomic mass is 9.75. The Morgan fingerprint density at radius 2 is 1.76 bits per heavy atom. The van der Waals surface area contributed by atoms with Crippen molar-refractivity contribution in [2.75, 3.05) is 0 Å². The van der Waals surface area contributed by atoms with Gasteiger partial charge in [-0.1, -0.05) is 48.5 Å². The number of amides is 1. The standard InChI is InChI=1S/C21H17N5O3/c1-14-19(21(27)25(24-14)13-15-7-3-2-4-8-15)20(16(11-22)12-23)17-9-5-6-10-18(17)26(28)29/h2-10,16,19-20H,13H2,1H3/t19-,20+/m1/s1. The predicted octanol–water partition coefficient (Wildman–Crippen LogP) is 3.38. The first-order valence-corrected chi connectivity index (χ1v) is 8.91. The number of hydrazone groups is 1.